The molecule has 0 unspecified atom stereocenters. The molecule has 26 heavy (non-hydrogen) atoms. The molecule has 8 nitrogen and oxygen atoms in total. The van der Waals surface area contributed by atoms with Crippen LogP contribution in [0.2, 0.25) is 0 Å². The van der Waals surface area contributed by atoms with Crippen molar-refractivity contribution in [2.45, 2.75) is 32.1 Å². The SMILES string of the molecule is COc1c2c(cc3c1[C@@H](C1=C(O)OC(C)(C)OC1=O)N(C)CC3)OCO2. The molecule has 0 fully saturated rings. The maximum atomic E-state index is 12.7. The normalized spacial score (nSPS) is 24.0. The van der Waals surface area contributed by atoms with Gasteiger partial charge in [-0.25, -0.2) is 4.79 Å². The Hall–Kier alpha value is -2.61. The molecule has 140 valence electrons. The van der Waals surface area contributed by atoms with Gasteiger partial charge in [0.15, 0.2) is 11.5 Å². The number of aliphatic hydroxyl groups excluding tert-OH is 1. The Balaban J connectivity index is 1.91. The predicted molar refractivity (Wildman–Crippen MR) is 89.1 cm³/mol. The van der Waals surface area contributed by atoms with Crippen molar-refractivity contribution < 1.29 is 33.6 Å². The number of fused-ring (bicyclic) bond motifs is 2. The molecule has 0 aromatic heterocycles. The summed E-state index contributed by atoms with van der Waals surface area (Å²) < 4.78 is 27.4. The number of hydrogen-bond acceptors (Lipinski definition) is 8. The van der Waals surface area contributed by atoms with Crippen LogP contribution in [0.1, 0.15) is 31.0 Å². The molecule has 0 saturated heterocycles. The lowest BCUT2D eigenvalue weighted by Gasteiger charge is -2.39. The third kappa shape index (κ3) is 2.44. The molecule has 1 aromatic rings. The molecule has 1 aromatic carbocycles. The monoisotopic (exact) mass is 363 g/mol. The zero-order valence-corrected chi connectivity index (χ0v) is 15.1. The highest BCUT2D eigenvalue weighted by molar-refractivity contribution is 5.91. The van der Waals surface area contributed by atoms with Crippen molar-refractivity contribution in [1.82, 2.24) is 4.90 Å². The van der Waals surface area contributed by atoms with Crippen LogP contribution in [0.4, 0.5) is 0 Å². The van der Waals surface area contributed by atoms with Gasteiger partial charge in [0.05, 0.1) is 13.2 Å². The van der Waals surface area contributed by atoms with Gasteiger partial charge < -0.3 is 28.8 Å². The molecule has 3 heterocycles. The number of methoxy groups -OCH3 is 1. The van der Waals surface area contributed by atoms with Gasteiger partial charge in [0.1, 0.15) is 5.57 Å². The molecule has 3 aliphatic heterocycles. The number of esters is 1. The fourth-order valence-corrected chi connectivity index (χ4v) is 3.70. The maximum Gasteiger partial charge on any atom is 0.346 e. The number of nitrogens with zero attached hydrogens (tertiary/aromatic N) is 1. The van der Waals surface area contributed by atoms with Crippen molar-refractivity contribution >= 4 is 5.97 Å². The minimum Gasteiger partial charge on any atom is -0.492 e. The van der Waals surface area contributed by atoms with Crippen molar-refractivity contribution in [3.05, 3.63) is 28.7 Å². The average molecular weight is 363 g/mol. The van der Waals surface area contributed by atoms with E-state index in [2.05, 4.69) is 0 Å². The highest BCUT2D eigenvalue weighted by Gasteiger charge is 2.45. The van der Waals surface area contributed by atoms with Crippen LogP contribution < -0.4 is 14.2 Å². The van der Waals surface area contributed by atoms with Gasteiger partial charge >= 0.3 is 5.97 Å². The third-order valence-corrected chi connectivity index (χ3v) is 4.80. The summed E-state index contributed by atoms with van der Waals surface area (Å²) in [6.45, 7) is 3.92. The number of carbonyl (C=O) groups is 1. The van der Waals surface area contributed by atoms with E-state index in [1.807, 2.05) is 18.0 Å². The number of cyclic esters (lactones) is 1. The van der Waals surface area contributed by atoms with Gasteiger partial charge in [0.2, 0.25) is 12.5 Å². The second-order valence-electron chi connectivity index (χ2n) is 6.96. The van der Waals surface area contributed by atoms with Gasteiger partial charge in [-0.05, 0) is 25.1 Å². The van der Waals surface area contributed by atoms with E-state index in [1.54, 1.807) is 13.8 Å². The number of benzene rings is 1. The summed E-state index contributed by atoms with van der Waals surface area (Å²) in [5, 5.41) is 10.5. The molecule has 0 bridgehead atoms. The first-order chi connectivity index (χ1) is 12.3. The van der Waals surface area contributed by atoms with Gasteiger partial charge in [-0.3, -0.25) is 4.90 Å². The molecule has 1 atom stereocenters. The van der Waals surface area contributed by atoms with E-state index in [0.717, 1.165) is 17.5 Å². The van der Waals surface area contributed by atoms with Gasteiger partial charge in [-0.2, -0.15) is 0 Å². The second kappa shape index (κ2) is 5.70. The standard InChI is InChI=1S/C18H21NO7/c1-18(2)25-16(20)12(17(21)26-18)13-11-9(5-6-19(13)3)7-10-14(15(11)22-4)24-8-23-10/h7,13,20H,5-6,8H2,1-4H3/t13-/m0/s1. The Morgan fingerprint density at radius 3 is 2.77 bits per heavy atom. The van der Waals surface area contributed by atoms with Crippen LogP contribution in [-0.2, 0) is 20.7 Å². The van der Waals surface area contributed by atoms with Crippen molar-refractivity contribution in [1.29, 1.82) is 0 Å². The lowest BCUT2D eigenvalue weighted by Crippen LogP contribution is -2.43. The van der Waals surface area contributed by atoms with Crippen LogP contribution in [0.25, 0.3) is 0 Å². The molecule has 0 radical (unpaired) electrons. The Bertz CT molecular complexity index is 814. The summed E-state index contributed by atoms with van der Waals surface area (Å²) >= 11 is 0. The highest BCUT2D eigenvalue weighted by Crippen LogP contribution is 2.51. The molecule has 4 rings (SSSR count). The van der Waals surface area contributed by atoms with E-state index >= 15 is 0 Å². The van der Waals surface area contributed by atoms with Crippen LogP contribution in [0.3, 0.4) is 0 Å². The molecule has 0 saturated carbocycles. The van der Waals surface area contributed by atoms with E-state index in [4.69, 9.17) is 23.7 Å². The summed E-state index contributed by atoms with van der Waals surface area (Å²) in [5.41, 5.74) is 1.75. The highest BCUT2D eigenvalue weighted by atomic mass is 16.8. The molecular weight excluding hydrogens is 342 g/mol. The van der Waals surface area contributed by atoms with Crippen molar-refractivity contribution in [3.8, 4) is 17.2 Å². The number of carbonyl (C=O) groups excluding carboxylic acids is 1. The molecule has 3 aliphatic rings. The zero-order valence-electron chi connectivity index (χ0n) is 15.1. The smallest absolute Gasteiger partial charge is 0.346 e. The first-order valence-corrected chi connectivity index (χ1v) is 8.37. The summed E-state index contributed by atoms with van der Waals surface area (Å²) in [4.78, 5) is 14.6. The first-order valence-electron chi connectivity index (χ1n) is 8.37. The quantitative estimate of drug-likeness (QED) is 0.799. The Morgan fingerprint density at radius 1 is 1.31 bits per heavy atom. The van der Waals surface area contributed by atoms with Crippen molar-refractivity contribution in [2.24, 2.45) is 0 Å². The van der Waals surface area contributed by atoms with Gasteiger partial charge in [0, 0.05) is 26.0 Å². The molecule has 1 N–H and O–H groups in total. The van der Waals surface area contributed by atoms with Crippen LogP contribution in [0.5, 0.6) is 17.2 Å². The van der Waals surface area contributed by atoms with E-state index in [9.17, 15) is 9.90 Å². The number of likely N-dealkylation sites (N-methyl/N-ethyl adjacent to an activating group) is 1. The minimum atomic E-state index is -1.22. The van der Waals surface area contributed by atoms with Crippen LogP contribution in [0, 0.1) is 0 Å². The van der Waals surface area contributed by atoms with E-state index in [0.29, 0.717) is 23.8 Å². The van der Waals surface area contributed by atoms with Crippen molar-refractivity contribution in [2.75, 3.05) is 27.5 Å². The molecule has 0 aliphatic carbocycles. The Morgan fingerprint density at radius 2 is 2.08 bits per heavy atom. The molecular formula is C18H21NO7. The molecule has 0 amide bonds. The van der Waals surface area contributed by atoms with Gasteiger partial charge in [-0.1, -0.05) is 0 Å². The number of hydrogen-bond donors (Lipinski definition) is 1. The summed E-state index contributed by atoms with van der Waals surface area (Å²) in [5.74, 6) is -0.675. The van der Waals surface area contributed by atoms with Gasteiger partial charge in [0.25, 0.3) is 11.7 Å². The van der Waals surface area contributed by atoms with Crippen molar-refractivity contribution in [3.63, 3.8) is 0 Å². The summed E-state index contributed by atoms with van der Waals surface area (Å²) in [7, 11) is 3.40. The third-order valence-electron chi connectivity index (χ3n) is 4.80. The van der Waals surface area contributed by atoms with Gasteiger partial charge in [-0.15, -0.1) is 0 Å². The average Bonchev–Trinajstić information content (AvgIpc) is 3.01. The number of aliphatic hydroxyl groups is 1. The largest absolute Gasteiger partial charge is 0.492 e. The molecule has 0 spiro atoms. The summed E-state index contributed by atoms with van der Waals surface area (Å²) in [6.07, 6.45) is 0.741. The van der Waals surface area contributed by atoms with Crippen LogP contribution in [0.15, 0.2) is 17.6 Å². The lowest BCUT2D eigenvalue weighted by molar-refractivity contribution is -0.223. The Labute approximate surface area is 150 Å². The predicted octanol–water partition coefficient (Wildman–Crippen LogP) is 2.03. The maximum absolute atomic E-state index is 12.7. The summed E-state index contributed by atoms with van der Waals surface area (Å²) in [6, 6.07) is 1.31. The number of ether oxygens (including phenoxy) is 5. The fourth-order valence-electron chi connectivity index (χ4n) is 3.70. The Kier molecular flexibility index (Phi) is 3.69. The van der Waals surface area contributed by atoms with Crippen LogP contribution >= 0.6 is 0 Å². The second-order valence-corrected chi connectivity index (χ2v) is 6.96. The fraction of sp³-hybridized carbons (Fsp3) is 0.500. The van der Waals surface area contributed by atoms with E-state index < -0.39 is 23.7 Å². The molecule has 8 heteroatoms. The van der Waals surface area contributed by atoms with E-state index in [-0.39, 0.29) is 12.4 Å². The topological polar surface area (TPSA) is 86.7 Å². The van der Waals surface area contributed by atoms with Crippen LogP contribution in [-0.4, -0.2) is 49.3 Å². The van der Waals surface area contributed by atoms with E-state index in [1.165, 1.54) is 7.11 Å². The zero-order chi connectivity index (χ0) is 18.6. The number of rotatable bonds is 2. The lowest BCUT2D eigenvalue weighted by atomic mass is 9.86. The minimum absolute atomic E-state index is 0.0462. The first kappa shape index (κ1) is 16.8.